The molecule has 0 aliphatic rings. The predicted molar refractivity (Wildman–Crippen MR) is 70.3 cm³/mol. The van der Waals surface area contributed by atoms with Crippen molar-refractivity contribution in [3.63, 3.8) is 0 Å². The monoisotopic (exact) mass is 265 g/mol. The van der Waals surface area contributed by atoms with E-state index in [1.54, 1.807) is 7.05 Å². The third-order valence-corrected chi connectivity index (χ3v) is 2.85. The Hall–Kier alpha value is -2.44. The van der Waals surface area contributed by atoms with Gasteiger partial charge in [0.05, 0.1) is 10.4 Å². The van der Waals surface area contributed by atoms with Gasteiger partial charge in [0.1, 0.15) is 6.67 Å². The van der Waals surface area contributed by atoms with Crippen LogP contribution in [-0.2, 0) is 7.05 Å². The van der Waals surface area contributed by atoms with Crippen LogP contribution in [0.15, 0.2) is 29.1 Å². The lowest BCUT2D eigenvalue weighted by molar-refractivity contribution is -0.384. The van der Waals surface area contributed by atoms with Crippen LogP contribution in [0.1, 0.15) is 0 Å². The lowest BCUT2D eigenvalue weighted by Crippen LogP contribution is -2.18. The number of nitrogens with one attached hydrogen (secondary N) is 1. The molecule has 0 saturated heterocycles. The number of aromatic nitrogens is 1. The van der Waals surface area contributed by atoms with Gasteiger partial charge in [-0.05, 0) is 6.07 Å². The summed E-state index contributed by atoms with van der Waals surface area (Å²) >= 11 is 0. The minimum Gasteiger partial charge on any atom is -0.382 e. The number of nitro groups is 1. The highest BCUT2D eigenvalue weighted by Gasteiger charge is 2.12. The van der Waals surface area contributed by atoms with Crippen LogP contribution in [-0.4, -0.2) is 22.7 Å². The molecular weight excluding hydrogens is 253 g/mol. The normalized spacial score (nSPS) is 10.6. The van der Waals surface area contributed by atoms with E-state index in [1.807, 2.05) is 0 Å². The molecule has 2 rings (SSSR count). The van der Waals surface area contributed by atoms with Crippen LogP contribution in [0.3, 0.4) is 0 Å². The molecule has 0 fully saturated rings. The molecule has 0 radical (unpaired) electrons. The van der Waals surface area contributed by atoms with Crippen LogP contribution < -0.4 is 10.9 Å². The zero-order valence-corrected chi connectivity index (χ0v) is 10.2. The summed E-state index contributed by atoms with van der Waals surface area (Å²) in [6.07, 6.45) is 0. The lowest BCUT2D eigenvalue weighted by Gasteiger charge is -2.11. The first-order valence-electron chi connectivity index (χ1n) is 5.62. The smallest absolute Gasteiger partial charge is 0.270 e. The van der Waals surface area contributed by atoms with Crippen LogP contribution >= 0.6 is 0 Å². The van der Waals surface area contributed by atoms with E-state index in [4.69, 9.17) is 0 Å². The van der Waals surface area contributed by atoms with Gasteiger partial charge in [0.15, 0.2) is 0 Å². The molecule has 0 bridgehead atoms. The first-order chi connectivity index (χ1) is 9.04. The average molecular weight is 265 g/mol. The molecule has 100 valence electrons. The molecule has 0 saturated carbocycles. The van der Waals surface area contributed by atoms with E-state index < -0.39 is 11.6 Å². The molecule has 1 heterocycles. The maximum Gasteiger partial charge on any atom is 0.270 e. The maximum absolute atomic E-state index is 12.2. The summed E-state index contributed by atoms with van der Waals surface area (Å²) in [4.78, 5) is 22.0. The number of aryl methyl sites for hydroxylation is 1. The van der Waals surface area contributed by atoms with E-state index in [9.17, 15) is 19.3 Å². The Kier molecular flexibility index (Phi) is 3.46. The highest BCUT2D eigenvalue weighted by molar-refractivity contribution is 5.93. The fourth-order valence-electron chi connectivity index (χ4n) is 1.89. The molecule has 0 unspecified atom stereocenters. The highest BCUT2D eigenvalue weighted by atomic mass is 19.1. The number of alkyl halides is 1. The van der Waals surface area contributed by atoms with Crippen LogP contribution in [0.2, 0.25) is 0 Å². The summed E-state index contributed by atoms with van der Waals surface area (Å²) in [6.45, 7) is -0.545. The SMILES string of the molecule is Cn1c(=O)cc(NCCF)c2cc([N+](=O)[O-])ccc21. The number of hydrogen-bond acceptors (Lipinski definition) is 4. The van der Waals surface area contributed by atoms with Gasteiger partial charge in [0.2, 0.25) is 0 Å². The number of benzene rings is 1. The topological polar surface area (TPSA) is 77.2 Å². The van der Waals surface area contributed by atoms with Gasteiger partial charge in [0.25, 0.3) is 11.2 Å². The minimum absolute atomic E-state index is 0.0466. The molecule has 19 heavy (non-hydrogen) atoms. The number of halogens is 1. The van der Waals surface area contributed by atoms with Gasteiger partial charge < -0.3 is 9.88 Å². The van der Waals surface area contributed by atoms with Crippen LogP contribution in [0.25, 0.3) is 10.9 Å². The summed E-state index contributed by atoms with van der Waals surface area (Å²) in [5.41, 5.74) is 0.621. The summed E-state index contributed by atoms with van der Waals surface area (Å²) in [7, 11) is 1.58. The Morgan fingerprint density at radius 1 is 1.42 bits per heavy atom. The van der Waals surface area contributed by atoms with E-state index in [-0.39, 0.29) is 17.8 Å². The average Bonchev–Trinajstić information content (AvgIpc) is 2.40. The van der Waals surface area contributed by atoms with Crippen molar-refractivity contribution >= 4 is 22.3 Å². The molecule has 1 aromatic carbocycles. The van der Waals surface area contributed by atoms with Crippen molar-refractivity contribution < 1.29 is 9.31 Å². The van der Waals surface area contributed by atoms with Crippen molar-refractivity contribution in [2.24, 2.45) is 7.05 Å². The number of nitrogens with zero attached hydrogens (tertiary/aromatic N) is 2. The van der Waals surface area contributed by atoms with Crippen molar-refractivity contribution in [2.45, 2.75) is 0 Å². The van der Waals surface area contributed by atoms with Gasteiger partial charge in [-0.2, -0.15) is 0 Å². The first-order valence-corrected chi connectivity index (χ1v) is 5.62. The fraction of sp³-hybridized carbons (Fsp3) is 0.250. The molecule has 0 amide bonds. The molecule has 0 atom stereocenters. The molecule has 7 heteroatoms. The Morgan fingerprint density at radius 3 is 2.79 bits per heavy atom. The van der Waals surface area contributed by atoms with Crippen molar-refractivity contribution in [3.8, 4) is 0 Å². The number of anilines is 1. The summed E-state index contributed by atoms with van der Waals surface area (Å²) < 4.78 is 13.6. The Morgan fingerprint density at radius 2 is 2.16 bits per heavy atom. The second-order valence-corrected chi connectivity index (χ2v) is 4.03. The summed E-state index contributed by atoms with van der Waals surface area (Å²) in [6, 6.07) is 5.52. The number of fused-ring (bicyclic) bond motifs is 1. The van der Waals surface area contributed by atoms with Gasteiger partial charge in [0, 0.05) is 42.9 Å². The number of nitro benzene ring substituents is 1. The summed E-state index contributed by atoms with van der Waals surface area (Å²) in [5, 5.41) is 14.1. The second-order valence-electron chi connectivity index (χ2n) is 4.03. The molecule has 6 nitrogen and oxygen atoms in total. The van der Waals surface area contributed by atoms with Crippen molar-refractivity contribution in [2.75, 3.05) is 18.5 Å². The molecule has 2 aromatic rings. The number of rotatable bonds is 4. The molecule has 1 aromatic heterocycles. The first kappa shape index (κ1) is 13.0. The summed E-state index contributed by atoms with van der Waals surface area (Å²) in [5.74, 6) is 0. The Balaban J connectivity index is 2.71. The van der Waals surface area contributed by atoms with Gasteiger partial charge in [-0.3, -0.25) is 14.9 Å². The number of hydrogen-bond donors (Lipinski definition) is 1. The van der Waals surface area contributed by atoms with E-state index in [1.165, 1.54) is 28.8 Å². The molecule has 0 aliphatic heterocycles. The highest BCUT2D eigenvalue weighted by Crippen LogP contribution is 2.25. The number of non-ortho nitro benzene ring substituents is 1. The zero-order valence-electron chi connectivity index (χ0n) is 10.2. The minimum atomic E-state index is -0.592. The van der Waals surface area contributed by atoms with E-state index in [0.717, 1.165) is 0 Å². The van der Waals surface area contributed by atoms with E-state index in [2.05, 4.69) is 5.32 Å². The predicted octanol–water partition coefficient (Wildman–Crippen LogP) is 1.83. The molecule has 1 N–H and O–H groups in total. The van der Waals surface area contributed by atoms with Gasteiger partial charge in [-0.15, -0.1) is 0 Å². The quantitative estimate of drug-likeness (QED) is 0.675. The van der Waals surface area contributed by atoms with Gasteiger partial charge >= 0.3 is 0 Å². The van der Waals surface area contributed by atoms with Gasteiger partial charge in [-0.1, -0.05) is 0 Å². The van der Waals surface area contributed by atoms with Crippen molar-refractivity contribution in [3.05, 3.63) is 44.7 Å². The molecular formula is C12H12FN3O3. The molecule has 0 aliphatic carbocycles. The fourth-order valence-corrected chi connectivity index (χ4v) is 1.89. The maximum atomic E-state index is 12.2. The van der Waals surface area contributed by atoms with Crippen LogP contribution in [0.4, 0.5) is 15.8 Å². The van der Waals surface area contributed by atoms with Crippen molar-refractivity contribution in [1.82, 2.24) is 4.57 Å². The Labute approximate surface area is 107 Å². The van der Waals surface area contributed by atoms with Gasteiger partial charge in [-0.25, -0.2) is 4.39 Å². The standard InChI is InChI=1S/C12H12FN3O3/c1-15-11-3-2-8(16(18)19)6-9(11)10(7-12(15)17)14-5-4-13/h2-3,6-7,14H,4-5H2,1H3. The largest absolute Gasteiger partial charge is 0.382 e. The second kappa shape index (κ2) is 5.05. The van der Waals surface area contributed by atoms with Crippen LogP contribution in [0.5, 0.6) is 0 Å². The number of pyridine rings is 1. The third kappa shape index (κ3) is 2.40. The molecule has 0 spiro atoms. The zero-order chi connectivity index (χ0) is 14.0. The van der Waals surface area contributed by atoms with Crippen molar-refractivity contribution in [1.29, 1.82) is 0 Å². The van der Waals surface area contributed by atoms with E-state index >= 15 is 0 Å². The lowest BCUT2D eigenvalue weighted by atomic mass is 10.1. The van der Waals surface area contributed by atoms with Crippen LogP contribution in [0, 0.1) is 10.1 Å². The van der Waals surface area contributed by atoms with E-state index in [0.29, 0.717) is 16.6 Å². The third-order valence-electron chi connectivity index (χ3n) is 2.85. The Bertz CT molecular complexity index is 696.